The summed E-state index contributed by atoms with van der Waals surface area (Å²) in [6, 6.07) is 6.29. The molecule has 1 heterocycles. The van der Waals surface area contributed by atoms with Crippen LogP contribution in [0.1, 0.15) is 5.56 Å². The molecule has 0 saturated heterocycles. The van der Waals surface area contributed by atoms with Gasteiger partial charge in [-0.15, -0.1) is 0 Å². The standard InChI is InChI=1S/C13H18N2O2Si/c1-14-8-7-10-11(9-18(2,3)4)13(15(16)17)6-5-12(10)14/h5-8H,9H2,1-4H3. The highest BCUT2D eigenvalue weighted by Crippen LogP contribution is 2.31. The van der Waals surface area contributed by atoms with Crippen LogP contribution in [-0.2, 0) is 13.1 Å². The first-order valence-corrected chi connectivity index (χ1v) is 9.71. The summed E-state index contributed by atoms with van der Waals surface area (Å²) in [7, 11) is 0.568. The molecule has 0 aliphatic rings. The predicted octanol–water partition coefficient (Wildman–Crippen LogP) is 3.51. The quantitative estimate of drug-likeness (QED) is 0.483. The lowest BCUT2D eigenvalue weighted by atomic mass is 10.1. The molecule has 0 spiro atoms. The number of benzene rings is 1. The van der Waals surface area contributed by atoms with Gasteiger partial charge in [0.1, 0.15) is 0 Å². The minimum Gasteiger partial charge on any atom is -0.351 e. The van der Waals surface area contributed by atoms with E-state index in [-0.39, 0.29) is 10.6 Å². The Morgan fingerprint density at radius 3 is 2.50 bits per heavy atom. The van der Waals surface area contributed by atoms with E-state index in [2.05, 4.69) is 19.6 Å². The summed E-state index contributed by atoms with van der Waals surface area (Å²) in [5, 5.41) is 12.2. The van der Waals surface area contributed by atoms with Gasteiger partial charge in [0.15, 0.2) is 0 Å². The molecule has 1 aromatic heterocycles. The summed E-state index contributed by atoms with van der Waals surface area (Å²) in [6.07, 6.45) is 1.96. The van der Waals surface area contributed by atoms with Crippen LogP contribution < -0.4 is 0 Å². The van der Waals surface area contributed by atoms with Crippen LogP contribution in [0.25, 0.3) is 10.9 Å². The number of nitro groups is 1. The maximum atomic E-state index is 11.2. The monoisotopic (exact) mass is 262 g/mol. The van der Waals surface area contributed by atoms with E-state index in [0.29, 0.717) is 0 Å². The zero-order valence-corrected chi connectivity index (χ0v) is 12.2. The van der Waals surface area contributed by atoms with Crippen molar-refractivity contribution in [3.8, 4) is 0 Å². The third-order valence-electron chi connectivity index (χ3n) is 3.06. The normalized spacial score (nSPS) is 12.0. The van der Waals surface area contributed by atoms with E-state index in [1.807, 2.05) is 29.9 Å². The molecule has 96 valence electrons. The number of aryl methyl sites for hydroxylation is 1. The molecule has 4 nitrogen and oxygen atoms in total. The molecular formula is C13H18N2O2Si. The van der Waals surface area contributed by atoms with E-state index in [1.54, 1.807) is 6.07 Å². The average Bonchev–Trinajstić information content (AvgIpc) is 2.59. The Morgan fingerprint density at radius 1 is 1.28 bits per heavy atom. The molecule has 0 aliphatic heterocycles. The van der Waals surface area contributed by atoms with Crippen molar-refractivity contribution in [2.75, 3.05) is 0 Å². The third kappa shape index (κ3) is 2.31. The van der Waals surface area contributed by atoms with Crippen molar-refractivity contribution in [2.24, 2.45) is 7.05 Å². The lowest BCUT2D eigenvalue weighted by Gasteiger charge is -2.16. The smallest absolute Gasteiger partial charge is 0.273 e. The van der Waals surface area contributed by atoms with E-state index in [1.165, 1.54) is 0 Å². The molecule has 5 heteroatoms. The third-order valence-corrected chi connectivity index (χ3v) is 4.47. The predicted molar refractivity (Wildman–Crippen MR) is 76.6 cm³/mol. The van der Waals surface area contributed by atoms with Gasteiger partial charge in [-0.05, 0) is 18.2 Å². The van der Waals surface area contributed by atoms with Crippen molar-refractivity contribution in [3.63, 3.8) is 0 Å². The zero-order chi connectivity index (χ0) is 13.5. The molecule has 18 heavy (non-hydrogen) atoms. The molecule has 0 radical (unpaired) electrons. The molecule has 0 unspecified atom stereocenters. The molecule has 0 fully saturated rings. The number of fused-ring (bicyclic) bond motifs is 1. The molecule has 2 aromatic rings. The summed E-state index contributed by atoms with van der Waals surface area (Å²) >= 11 is 0. The van der Waals surface area contributed by atoms with Gasteiger partial charge in [0.05, 0.1) is 4.92 Å². The van der Waals surface area contributed by atoms with E-state index in [0.717, 1.165) is 22.5 Å². The number of hydrogen-bond donors (Lipinski definition) is 0. The highest BCUT2D eigenvalue weighted by molar-refractivity contribution is 6.75. The second-order valence-electron chi connectivity index (χ2n) is 5.92. The average molecular weight is 262 g/mol. The molecule has 0 aliphatic carbocycles. The van der Waals surface area contributed by atoms with Crippen LogP contribution in [-0.4, -0.2) is 17.6 Å². The van der Waals surface area contributed by atoms with Gasteiger partial charge in [-0.1, -0.05) is 19.6 Å². The molecule has 0 saturated carbocycles. The van der Waals surface area contributed by atoms with Crippen molar-refractivity contribution in [3.05, 3.63) is 40.1 Å². The Balaban J connectivity index is 2.70. The molecular weight excluding hydrogens is 244 g/mol. The van der Waals surface area contributed by atoms with Gasteiger partial charge in [0.25, 0.3) is 5.69 Å². The fourth-order valence-electron chi connectivity index (χ4n) is 2.29. The number of nitro benzene ring substituents is 1. The second kappa shape index (κ2) is 4.24. The van der Waals surface area contributed by atoms with Gasteiger partial charge in [-0.25, -0.2) is 0 Å². The molecule has 0 N–H and O–H groups in total. The number of aromatic nitrogens is 1. The Labute approximate surface area is 107 Å². The summed E-state index contributed by atoms with van der Waals surface area (Å²) in [5.74, 6) is 0. The van der Waals surface area contributed by atoms with Gasteiger partial charge >= 0.3 is 0 Å². The first-order valence-electron chi connectivity index (χ1n) is 6.01. The summed E-state index contributed by atoms with van der Waals surface area (Å²) in [6.45, 7) is 6.70. The fourth-order valence-corrected chi connectivity index (χ4v) is 3.72. The highest BCUT2D eigenvalue weighted by atomic mass is 28.3. The van der Waals surface area contributed by atoms with Gasteiger partial charge in [0.2, 0.25) is 0 Å². The van der Waals surface area contributed by atoms with Crippen molar-refractivity contribution in [1.29, 1.82) is 0 Å². The van der Waals surface area contributed by atoms with Gasteiger partial charge in [-0.3, -0.25) is 10.1 Å². The van der Waals surface area contributed by atoms with Crippen LogP contribution in [0.3, 0.4) is 0 Å². The highest BCUT2D eigenvalue weighted by Gasteiger charge is 2.24. The van der Waals surface area contributed by atoms with E-state index in [4.69, 9.17) is 0 Å². The topological polar surface area (TPSA) is 48.1 Å². The Hall–Kier alpha value is -1.62. The largest absolute Gasteiger partial charge is 0.351 e. The summed E-state index contributed by atoms with van der Waals surface area (Å²) in [4.78, 5) is 10.9. The minimum atomic E-state index is -1.40. The lowest BCUT2D eigenvalue weighted by Crippen LogP contribution is -2.24. The zero-order valence-electron chi connectivity index (χ0n) is 11.2. The SMILES string of the molecule is Cn1ccc2c(C[Si](C)(C)C)c([N+](=O)[O-])ccc21. The van der Waals surface area contributed by atoms with Crippen LogP contribution in [0.2, 0.25) is 19.6 Å². The molecule has 0 amide bonds. The maximum absolute atomic E-state index is 11.2. The van der Waals surface area contributed by atoms with Crippen molar-refractivity contribution < 1.29 is 4.92 Å². The number of rotatable bonds is 3. The molecule has 1 aromatic carbocycles. The molecule has 0 atom stereocenters. The fraction of sp³-hybridized carbons (Fsp3) is 0.385. The van der Waals surface area contributed by atoms with Crippen LogP contribution in [0, 0.1) is 10.1 Å². The second-order valence-corrected chi connectivity index (χ2v) is 11.4. The Morgan fingerprint density at radius 2 is 1.94 bits per heavy atom. The Bertz CT molecular complexity index is 611. The summed E-state index contributed by atoms with van der Waals surface area (Å²) in [5.41, 5.74) is 2.22. The molecule has 0 bridgehead atoms. The first-order chi connectivity index (χ1) is 8.29. The van der Waals surface area contributed by atoms with E-state index < -0.39 is 8.07 Å². The van der Waals surface area contributed by atoms with Crippen LogP contribution in [0.5, 0.6) is 0 Å². The van der Waals surface area contributed by atoms with E-state index >= 15 is 0 Å². The van der Waals surface area contributed by atoms with Crippen LogP contribution in [0.15, 0.2) is 24.4 Å². The molecule has 2 rings (SSSR count). The lowest BCUT2D eigenvalue weighted by molar-refractivity contribution is -0.385. The summed E-state index contributed by atoms with van der Waals surface area (Å²) < 4.78 is 2.01. The number of hydrogen-bond acceptors (Lipinski definition) is 2. The van der Waals surface area contributed by atoms with Gasteiger partial charge in [0, 0.05) is 43.9 Å². The van der Waals surface area contributed by atoms with Crippen molar-refractivity contribution >= 4 is 24.7 Å². The van der Waals surface area contributed by atoms with E-state index in [9.17, 15) is 10.1 Å². The van der Waals surface area contributed by atoms with Crippen LogP contribution >= 0.6 is 0 Å². The van der Waals surface area contributed by atoms with Crippen molar-refractivity contribution in [1.82, 2.24) is 4.57 Å². The van der Waals surface area contributed by atoms with Gasteiger partial charge in [-0.2, -0.15) is 0 Å². The number of nitrogens with zero attached hydrogens (tertiary/aromatic N) is 2. The maximum Gasteiger partial charge on any atom is 0.273 e. The Kier molecular flexibility index (Phi) is 3.02. The van der Waals surface area contributed by atoms with Crippen LogP contribution in [0.4, 0.5) is 5.69 Å². The van der Waals surface area contributed by atoms with Gasteiger partial charge < -0.3 is 4.57 Å². The minimum absolute atomic E-state index is 0.260. The first kappa shape index (κ1) is 12.8. The van der Waals surface area contributed by atoms with Crippen molar-refractivity contribution in [2.45, 2.75) is 25.7 Å².